The van der Waals surface area contributed by atoms with Crippen LogP contribution in [-0.2, 0) is 4.74 Å². The van der Waals surface area contributed by atoms with E-state index in [1.54, 1.807) is 6.07 Å². The molecule has 2 atom stereocenters. The van der Waals surface area contributed by atoms with Gasteiger partial charge in [0.25, 0.3) is 0 Å². The number of carbonyl (C=O) groups is 1. The number of halogens is 2. The third-order valence-corrected chi connectivity index (χ3v) is 4.21. The Morgan fingerprint density at radius 3 is 2.40 bits per heavy atom. The predicted octanol–water partition coefficient (Wildman–Crippen LogP) is 1.28. The van der Waals surface area contributed by atoms with Crippen molar-refractivity contribution in [3.8, 4) is 11.8 Å². The first-order valence-electron chi connectivity index (χ1n) is 7.84. The summed E-state index contributed by atoms with van der Waals surface area (Å²) < 4.78 is 38.4. The van der Waals surface area contributed by atoms with Gasteiger partial charge in [0.1, 0.15) is 6.61 Å². The van der Waals surface area contributed by atoms with Crippen molar-refractivity contribution in [3.63, 3.8) is 0 Å². The Balaban J connectivity index is 1.53. The lowest BCUT2D eigenvalue weighted by molar-refractivity contribution is -0.132. The van der Waals surface area contributed by atoms with E-state index in [0.29, 0.717) is 32.7 Å². The molecule has 1 amide bonds. The van der Waals surface area contributed by atoms with Gasteiger partial charge in [0.05, 0.1) is 36.9 Å². The standard InChI is InChI=1S/C16H17F2N3O4/c17-13-3-10(5-19)4-14(18)15(13)24-2-1-20-6-11-8-21(16(22)23)9-12(7-20)25-11/h3-4,11-12H,1-2,6-9H2,(H,22,23). The summed E-state index contributed by atoms with van der Waals surface area (Å²) in [5.74, 6) is -2.32. The molecule has 2 heterocycles. The maximum absolute atomic E-state index is 13.8. The minimum absolute atomic E-state index is 0.0713. The molecular formula is C16H17F2N3O4. The van der Waals surface area contributed by atoms with Crippen LogP contribution in [-0.4, -0.2) is 72.5 Å². The van der Waals surface area contributed by atoms with Gasteiger partial charge in [-0.1, -0.05) is 0 Å². The summed E-state index contributed by atoms with van der Waals surface area (Å²) in [5.41, 5.74) is -0.105. The fourth-order valence-electron chi connectivity index (χ4n) is 3.15. The maximum Gasteiger partial charge on any atom is 0.407 e. The topological polar surface area (TPSA) is 86.0 Å². The highest BCUT2D eigenvalue weighted by Gasteiger charge is 2.36. The lowest BCUT2D eigenvalue weighted by atomic mass is 10.1. The molecule has 25 heavy (non-hydrogen) atoms. The van der Waals surface area contributed by atoms with Crippen LogP contribution in [0.15, 0.2) is 12.1 Å². The highest BCUT2D eigenvalue weighted by Crippen LogP contribution is 2.23. The molecule has 0 radical (unpaired) electrons. The first-order valence-corrected chi connectivity index (χ1v) is 7.84. The number of hydrogen-bond acceptors (Lipinski definition) is 5. The Morgan fingerprint density at radius 1 is 1.28 bits per heavy atom. The van der Waals surface area contributed by atoms with E-state index in [1.165, 1.54) is 4.90 Å². The van der Waals surface area contributed by atoms with Crippen LogP contribution < -0.4 is 4.74 Å². The average Bonchev–Trinajstić information content (AvgIpc) is 2.56. The van der Waals surface area contributed by atoms with Crippen molar-refractivity contribution in [2.75, 3.05) is 39.3 Å². The molecule has 2 aliphatic heterocycles. The van der Waals surface area contributed by atoms with Crippen molar-refractivity contribution in [3.05, 3.63) is 29.3 Å². The van der Waals surface area contributed by atoms with Gasteiger partial charge >= 0.3 is 6.09 Å². The summed E-state index contributed by atoms with van der Waals surface area (Å²) in [5, 5.41) is 17.7. The van der Waals surface area contributed by atoms with Crippen LogP contribution in [0.4, 0.5) is 13.6 Å². The minimum atomic E-state index is -0.957. The van der Waals surface area contributed by atoms with Crippen molar-refractivity contribution in [2.45, 2.75) is 12.2 Å². The highest BCUT2D eigenvalue weighted by atomic mass is 19.1. The first-order chi connectivity index (χ1) is 12.0. The van der Waals surface area contributed by atoms with Gasteiger partial charge in [-0.2, -0.15) is 5.26 Å². The summed E-state index contributed by atoms with van der Waals surface area (Å²) in [7, 11) is 0. The van der Waals surface area contributed by atoms with Crippen LogP contribution in [0.5, 0.6) is 5.75 Å². The number of ether oxygens (including phenoxy) is 2. The summed E-state index contributed by atoms with van der Waals surface area (Å²) in [6.45, 7) is 2.18. The third kappa shape index (κ3) is 3.97. The number of rotatable bonds is 4. The molecule has 2 unspecified atom stereocenters. The molecule has 0 aliphatic carbocycles. The van der Waals surface area contributed by atoms with Gasteiger partial charge in [0, 0.05) is 19.6 Å². The van der Waals surface area contributed by atoms with Crippen molar-refractivity contribution in [1.82, 2.24) is 9.80 Å². The number of nitriles is 1. The summed E-state index contributed by atoms with van der Waals surface area (Å²) in [4.78, 5) is 14.4. The van der Waals surface area contributed by atoms with E-state index in [9.17, 15) is 13.6 Å². The molecule has 1 aromatic rings. The predicted molar refractivity (Wildman–Crippen MR) is 81.3 cm³/mol. The van der Waals surface area contributed by atoms with E-state index >= 15 is 0 Å². The molecular weight excluding hydrogens is 336 g/mol. The number of nitrogens with zero attached hydrogens (tertiary/aromatic N) is 3. The van der Waals surface area contributed by atoms with Crippen molar-refractivity contribution >= 4 is 6.09 Å². The van der Waals surface area contributed by atoms with E-state index in [1.807, 2.05) is 4.90 Å². The fourth-order valence-corrected chi connectivity index (χ4v) is 3.15. The van der Waals surface area contributed by atoms with Gasteiger partial charge in [-0.05, 0) is 12.1 Å². The lowest BCUT2D eigenvalue weighted by Gasteiger charge is -2.44. The SMILES string of the molecule is N#Cc1cc(F)c(OCCN2CC3CN(C(=O)O)CC(C2)O3)c(F)c1. The number of carboxylic acid groups (broad SMARTS) is 1. The Bertz CT molecular complexity index is 672. The van der Waals surface area contributed by atoms with Gasteiger partial charge in [-0.3, -0.25) is 4.90 Å². The lowest BCUT2D eigenvalue weighted by Crippen LogP contribution is -2.60. The fraction of sp³-hybridized carbons (Fsp3) is 0.500. The van der Waals surface area contributed by atoms with Gasteiger partial charge in [0.2, 0.25) is 0 Å². The quantitative estimate of drug-likeness (QED) is 0.878. The molecule has 0 spiro atoms. The van der Waals surface area contributed by atoms with Crippen molar-refractivity contribution < 1.29 is 28.2 Å². The summed E-state index contributed by atoms with van der Waals surface area (Å²) >= 11 is 0. The van der Waals surface area contributed by atoms with Crippen LogP contribution in [0.3, 0.4) is 0 Å². The van der Waals surface area contributed by atoms with Gasteiger partial charge in [0.15, 0.2) is 17.4 Å². The third-order valence-electron chi connectivity index (χ3n) is 4.21. The maximum atomic E-state index is 13.8. The molecule has 9 heteroatoms. The molecule has 0 saturated carbocycles. The Hall–Kier alpha value is -2.44. The van der Waals surface area contributed by atoms with Gasteiger partial charge < -0.3 is 19.5 Å². The van der Waals surface area contributed by atoms with Crippen LogP contribution >= 0.6 is 0 Å². The van der Waals surface area contributed by atoms with Crippen LogP contribution in [0.1, 0.15) is 5.56 Å². The highest BCUT2D eigenvalue weighted by molar-refractivity contribution is 5.65. The number of amides is 1. The molecule has 134 valence electrons. The van der Waals surface area contributed by atoms with Gasteiger partial charge in [-0.15, -0.1) is 0 Å². The number of benzene rings is 1. The number of hydrogen-bond donors (Lipinski definition) is 1. The molecule has 2 fully saturated rings. The van der Waals surface area contributed by atoms with Crippen molar-refractivity contribution in [1.29, 1.82) is 5.26 Å². The van der Waals surface area contributed by atoms with Crippen LogP contribution in [0, 0.1) is 23.0 Å². The largest absolute Gasteiger partial charge is 0.486 e. The number of morpholine rings is 2. The molecule has 0 aromatic heterocycles. The molecule has 2 aliphatic rings. The zero-order chi connectivity index (χ0) is 18.0. The van der Waals surface area contributed by atoms with E-state index in [-0.39, 0.29) is 24.4 Å². The molecule has 1 aromatic carbocycles. The second-order valence-electron chi connectivity index (χ2n) is 6.06. The normalized spacial score (nSPS) is 23.2. The molecule has 3 rings (SSSR count). The van der Waals surface area contributed by atoms with E-state index in [4.69, 9.17) is 19.8 Å². The molecule has 1 N–H and O–H groups in total. The molecule has 2 bridgehead atoms. The Kier molecular flexibility index (Phi) is 5.01. The van der Waals surface area contributed by atoms with Crippen LogP contribution in [0.25, 0.3) is 0 Å². The summed E-state index contributed by atoms with van der Waals surface area (Å²) in [6, 6.07) is 3.53. The summed E-state index contributed by atoms with van der Waals surface area (Å²) in [6.07, 6.45) is -1.39. The van der Waals surface area contributed by atoms with E-state index in [2.05, 4.69) is 0 Å². The van der Waals surface area contributed by atoms with E-state index < -0.39 is 23.5 Å². The Morgan fingerprint density at radius 2 is 1.88 bits per heavy atom. The van der Waals surface area contributed by atoms with Gasteiger partial charge in [-0.25, -0.2) is 13.6 Å². The second-order valence-corrected chi connectivity index (χ2v) is 6.06. The average molecular weight is 353 g/mol. The first kappa shape index (κ1) is 17.4. The Labute approximate surface area is 142 Å². The molecule has 7 nitrogen and oxygen atoms in total. The minimum Gasteiger partial charge on any atom is -0.486 e. The monoisotopic (exact) mass is 353 g/mol. The number of fused-ring (bicyclic) bond motifs is 2. The van der Waals surface area contributed by atoms with Crippen molar-refractivity contribution in [2.24, 2.45) is 0 Å². The van der Waals surface area contributed by atoms with Crippen LogP contribution in [0.2, 0.25) is 0 Å². The smallest absolute Gasteiger partial charge is 0.407 e. The van der Waals surface area contributed by atoms with E-state index in [0.717, 1.165) is 12.1 Å². The molecule has 2 saturated heterocycles. The zero-order valence-electron chi connectivity index (χ0n) is 13.3. The second kappa shape index (κ2) is 7.21. The zero-order valence-corrected chi connectivity index (χ0v) is 13.3.